The van der Waals surface area contributed by atoms with Crippen molar-refractivity contribution in [3.63, 3.8) is 0 Å². The molecule has 31 heavy (non-hydrogen) atoms. The van der Waals surface area contributed by atoms with Crippen LogP contribution in [0.3, 0.4) is 0 Å². The predicted octanol–water partition coefficient (Wildman–Crippen LogP) is 3.28. The topological polar surface area (TPSA) is 97.5 Å². The first-order valence-electron chi connectivity index (χ1n) is 10.2. The molecule has 2 aromatic heterocycles. The number of aromatic nitrogens is 3. The van der Waals surface area contributed by atoms with Gasteiger partial charge in [-0.05, 0) is 61.9 Å². The molecule has 1 fully saturated rings. The fourth-order valence-corrected chi connectivity index (χ4v) is 4.81. The molecular weight excluding hydrogens is 414 g/mol. The van der Waals surface area contributed by atoms with Crippen molar-refractivity contribution in [2.24, 2.45) is 4.99 Å². The van der Waals surface area contributed by atoms with Crippen molar-refractivity contribution in [3.8, 4) is 5.82 Å². The molecule has 3 aromatic rings. The Balaban J connectivity index is 2.02. The van der Waals surface area contributed by atoms with Crippen molar-refractivity contribution >= 4 is 38.6 Å². The molecule has 2 heterocycles. The van der Waals surface area contributed by atoms with Crippen LogP contribution in [0.5, 0.6) is 0 Å². The van der Waals surface area contributed by atoms with Crippen LogP contribution in [0.25, 0.3) is 16.7 Å². The summed E-state index contributed by atoms with van der Waals surface area (Å²) in [6, 6.07) is 7.40. The van der Waals surface area contributed by atoms with Crippen LogP contribution in [0.1, 0.15) is 47.3 Å². The number of pyridine rings is 1. The third-order valence-electron chi connectivity index (χ3n) is 5.39. The predicted molar refractivity (Wildman–Crippen MR) is 122 cm³/mol. The second-order valence-electron chi connectivity index (χ2n) is 7.84. The lowest BCUT2D eigenvalue weighted by atomic mass is 10.0. The van der Waals surface area contributed by atoms with E-state index in [4.69, 9.17) is 0 Å². The fourth-order valence-electron chi connectivity index (χ4n) is 3.83. The number of sulfonamides is 1. The number of anilines is 1. The van der Waals surface area contributed by atoms with Crippen LogP contribution < -0.4 is 4.31 Å². The van der Waals surface area contributed by atoms with E-state index in [1.807, 2.05) is 26.0 Å². The van der Waals surface area contributed by atoms with Crippen molar-refractivity contribution in [2.45, 2.75) is 32.6 Å². The van der Waals surface area contributed by atoms with E-state index >= 15 is 0 Å². The lowest BCUT2D eigenvalue weighted by Gasteiger charge is -2.23. The van der Waals surface area contributed by atoms with Gasteiger partial charge in [-0.2, -0.15) is 5.10 Å². The third-order valence-corrected chi connectivity index (χ3v) is 6.64. The Kier molecular flexibility index (Phi) is 5.38. The number of benzene rings is 1. The number of hydrogen-bond acceptors (Lipinski definition) is 6. The average molecular weight is 440 g/mol. The Morgan fingerprint density at radius 3 is 2.61 bits per heavy atom. The minimum absolute atomic E-state index is 0.277. The monoisotopic (exact) mass is 439 g/mol. The van der Waals surface area contributed by atoms with Gasteiger partial charge < -0.3 is 0 Å². The van der Waals surface area contributed by atoms with Gasteiger partial charge in [0.15, 0.2) is 5.82 Å². The number of fused-ring (bicyclic) bond motifs is 1. The number of hydrogen-bond donors (Lipinski definition) is 0. The highest BCUT2D eigenvalue weighted by Crippen LogP contribution is 2.46. The molecule has 0 radical (unpaired) electrons. The first kappa shape index (κ1) is 21.2. The summed E-state index contributed by atoms with van der Waals surface area (Å²) in [6.07, 6.45) is 6.17. The first-order chi connectivity index (χ1) is 14.7. The van der Waals surface area contributed by atoms with Crippen molar-refractivity contribution in [3.05, 3.63) is 47.3 Å². The van der Waals surface area contributed by atoms with E-state index < -0.39 is 10.0 Å². The smallest absolute Gasteiger partial charge is 0.232 e. The quantitative estimate of drug-likeness (QED) is 0.416. The second-order valence-corrected chi connectivity index (χ2v) is 9.74. The van der Waals surface area contributed by atoms with Gasteiger partial charge in [0.25, 0.3) is 0 Å². The van der Waals surface area contributed by atoms with Gasteiger partial charge in [-0.1, -0.05) is 6.07 Å². The maximum absolute atomic E-state index is 13.0. The second kappa shape index (κ2) is 7.88. The van der Waals surface area contributed by atoms with Crippen molar-refractivity contribution in [1.29, 1.82) is 0 Å². The number of aryl methyl sites for hydroxylation is 1. The molecule has 0 unspecified atom stereocenters. The van der Waals surface area contributed by atoms with Crippen LogP contribution >= 0.6 is 0 Å². The van der Waals surface area contributed by atoms with Crippen molar-refractivity contribution < 1.29 is 13.2 Å². The van der Waals surface area contributed by atoms with Crippen LogP contribution in [0.2, 0.25) is 0 Å². The number of ketones is 1. The van der Waals surface area contributed by atoms with E-state index in [0.29, 0.717) is 34.6 Å². The summed E-state index contributed by atoms with van der Waals surface area (Å²) in [6.45, 7) is 4.06. The summed E-state index contributed by atoms with van der Waals surface area (Å²) in [5, 5.41) is 5.32. The molecule has 9 heteroatoms. The Hall–Kier alpha value is -3.07. The molecule has 0 aliphatic heterocycles. The van der Waals surface area contributed by atoms with E-state index in [1.165, 1.54) is 21.5 Å². The molecule has 1 aliphatic carbocycles. The molecule has 4 rings (SSSR count). The van der Waals surface area contributed by atoms with E-state index in [-0.39, 0.29) is 11.7 Å². The number of nitrogens with zero attached hydrogens (tertiary/aromatic N) is 5. The van der Waals surface area contributed by atoms with Crippen LogP contribution in [0.15, 0.2) is 35.5 Å². The number of Topliss-reactive ketones (excluding diaryl/α,β-unsaturated/α-hetero) is 1. The van der Waals surface area contributed by atoms with Gasteiger partial charge in [-0.25, -0.2) is 18.1 Å². The Bertz CT molecular complexity index is 1290. The highest BCUT2D eigenvalue weighted by molar-refractivity contribution is 7.92. The van der Waals surface area contributed by atoms with Gasteiger partial charge in [-0.15, -0.1) is 0 Å². The average Bonchev–Trinajstić information content (AvgIpc) is 3.48. The zero-order valence-corrected chi connectivity index (χ0v) is 18.8. The number of carbonyl (C=O) groups is 1. The number of rotatable bonds is 7. The third kappa shape index (κ3) is 3.97. The molecule has 162 valence electrons. The molecule has 8 nitrogen and oxygen atoms in total. The van der Waals surface area contributed by atoms with E-state index in [0.717, 1.165) is 24.0 Å². The Labute approximate surface area is 181 Å². The van der Waals surface area contributed by atoms with E-state index in [2.05, 4.69) is 15.1 Å². The van der Waals surface area contributed by atoms with E-state index in [1.54, 1.807) is 25.4 Å². The molecule has 1 aliphatic rings. The van der Waals surface area contributed by atoms with Gasteiger partial charge in [-0.3, -0.25) is 14.1 Å². The summed E-state index contributed by atoms with van der Waals surface area (Å²) in [5.74, 6) is 0.510. The molecule has 1 saturated carbocycles. The van der Waals surface area contributed by atoms with Crippen LogP contribution in [-0.4, -0.2) is 55.0 Å². The van der Waals surface area contributed by atoms with Gasteiger partial charge in [0.2, 0.25) is 15.8 Å². The normalized spacial score (nSPS) is 14.5. The summed E-state index contributed by atoms with van der Waals surface area (Å²) in [4.78, 5) is 21.3. The molecule has 1 aromatic carbocycles. The zero-order chi connectivity index (χ0) is 22.3. The summed E-state index contributed by atoms with van der Waals surface area (Å²) in [7, 11) is -1.91. The molecule has 0 amide bonds. The standard InChI is InChI=1S/C22H25N5O3S/c1-5-26(31(4,29)30)19-11-18-17(10-16(19)15-7-8-15)22(20(28)13-23-3)27(25-18)21-9-6-14(2)12-24-21/h6,9-13,15H,5,7-8H2,1-4H3. The zero-order valence-electron chi connectivity index (χ0n) is 18.0. The fraction of sp³-hybridized carbons (Fsp3) is 0.364. The maximum Gasteiger partial charge on any atom is 0.232 e. The highest BCUT2D eigenvalue weighted by atomic mass is 32.2. The van der Waals surface area contributed by atoms with Gasteiger partial charge in [0.05, 0.1) is 23.7 Å². The van der Waals surface area contributed by atoms with Gasteiger partial charge in [0, 0.05) is 25.2 Å². The van der Waals surface area contributed by atoms with Crippen LogP contribution in [0, 0.1) is 6.92 Å². The molecule has 0 N–H and O–H groups in total. The number of carbonyl (C=O) groups excluding carboxylic acids is 1. The van der Waals surface area contributed by atoms with Crippen LogP contribution in [0.4, 0.5) is 5.69 Å². The van der Waals surface area contributed by atoms with Gasteiger partial charge in [0.1, 0.15) is 5.69 Å². The van der Waals surface area contributed by atoms with Crippen LogP contribution in [-0.2, 0) is 10.0 Å². The lowest BCUT2D eigenvalue weighted by molar-refractivity contribution is 0.106. The molecular formula is C22H25N5O3S. The summed E-state index contributed by atoms with van der Waals surface area (Å²) < 4.78 is 27.8. The van der Waals surface area contributed by atoms with Crippen molar-refractivity contribution in [1.82, 2.24) is 14.8 Å². The Morgan fingerprint density at radius 2 is 2.06 bits per heavy atom. The van der Waals surface area contributed by atoms with Crippen molar-refractivity contribution in [2.75, 3.05) is 24.2 Å². The lowest BCUT2D eigenvalue weighted by Crippen LogP contribution is -2.30. The molecule has 0 saturated heterocycles. The van der Waals surface area contributed by atoms with E-state index in [9.17, 15) is 13.2 Å². The molecule has 0 spiro atoms. The number of aliphatic imine (C=N–C) groups is 1. The van der Waals surface area contributed by atoms with Gasteiger partial charge >= 0.3 is 0 Å². The largest absolute Gasteiger partial charge is 0.292 e. The highest BCUT2D eigenvalue weighted by Gasteiger charge is 2.32. The maximum atomic E-state index is 13.0. The Morgan fingerprint density at radius 1 is 1.32 bits per heavy atom. The first-order valence-corrected chi connectivity index (χ1v) is 12.0. The minimum Gasteiger partial charge on any atom is -0.292 e. The minimum atomic E-state index is -3.45. The SMILES string of the molecule is CCN(c1cc2nn(-c3ccc(C)cn3)c(C(=O)C=NC)c2cc1C1CC1)S(C)(=O)=O. The summed E-state index contributed by atoms with van der Waals surface area (Å²) in [5.41, 5.74) is 3.46. The summed E-state index contributed by atoms with van der Waals surface area (Å²) >= 11 is 0. The molecule has 0 bridgehead atoms. The molecule has 0 atom stereocenters.